The average Bonchev–Trinajstić information content (AvgIpc) is 2.88. The van der Waals surface area contributed by atoms with Gasteiger partial charge in [-0.3, -0.25) is 14.5 Å². The Morgan fingerprint density at radius 2 is 2.35 bits per heavy atom. The number of aliphatic carboxylic acids is 1. The maximum absolute atomic E-state index is 11.9. The molecule has 0 spiro atoms. The molecule has 1 fully saturated rings. The predicted octanol–water partition coefficient (Wildman–Crippen LogP) is 0.590. The maximum atomic E-state index is 11.9. The van der Waals surface area contributed by atoms with Crippen LogP contribution in [0.4, 0.5) is 0 Å². The zero-order valence-corrected chi connectivity index (χ0v) is 11.5. The third kappa shape index (κ3) is 2.44. The van der Waals surface area contributed by atoms with Gasteiger partial charge in [-0.1, -0.05) is 17.8 Å². The number of nitrogens with zero attached hydrogens (tertiary/aromatic N) is 4. The van der Waals surface area contributed by atoms with Gasteiger partial charge in [-0.15, -0.1) is 0 Å². The van der Waals surface area contributed by atoms with Gasteiger partial charge in [-0.05, 0) is 19.4 Å². The standard InChI is InChI=1S/C12H14N4O3S/c17-10-5-8(14-12-16(10)13-7-20-12)6-15-4-2-1-3-9(15)11(18)19/h5,7,9H,1-4,6H2,(H,18,19). The second-order valence-electron chi connectivity index (χ2n) is 4.84. The fourth-order valence-electron chi connectivity index (χ4n) is 2.55. The fraction of sp³-hybridized carbons (Fsp3) is 0.500. The molecule has 3 heterocycles. The number of carboxylic acids is 1. The molecule has 8 heteroatoms. The lowest BCUT2D eigenvalue weighted by molar-refractivity contribution is -0.144. The molecule has 20 heavy (non-hydrogen) atoms. The van der Waals surface area contributed by atoms with E-state index < -0.39 is 12.0 Å². The molecule has 106 valence electrons. The van der Waals surface area contributed by atoms with Gasteiger partial charge in [0.25, 0.3) is 5.56 Å². The van der Waals surface area contributed by atoms with Gasteiger partial charge in [0.05, 0.1) is 5.69 Å². The van der Waals surface area contributed by atoms with Gasteiger partial charge in [-0.2, -0.15) is 9.61 Å². The monoisotopic (exact) mass is 294 g/mol. The topological polar surface area (TPSA) is 87.8 Å². The molecule has 1 N–H and O–H groups in total. The molecular weight excluding hydrogens is 280 g/mol. The van der Waals surface area contributed by atoms with Crippen LogP contribution < -0.4 is 5.56 Å². The van der Waals surface area contributed by atoms with Crippen molar-refractivity contribution in [3.63, 3.8) is 0 Å². The molecule has 7 nitrogen and oxygen atoms in total. The van der Waals surface area contributed by atoms with Gasteiger partial charge in [0.1, 0.15) is 11.6 Å². The summed E-state index contributed by atoms with van der Waals surface area (Å²) in [5.41, 5.74) is 1.94. The van der Waals surface area contributed by atoms with Crippen LogP contribution in [0.25, 0.3) is 4.96 Å². The van der Waals surface area contributed by atoms with Crippen LogP contribution in [0.1, 0.15) is 25.0 Å². The van der Waals surface area contributed by atoms with Crippen molar-refractivity contribution in [2.45, 2.75) is 31.8 Å². The van der Waals surface area contributed by atoms with Crippen LogP contribution in [-0.2, 0) is 11.3 Å². The van der Waals surface area contributed by atoms with Gasteiger partial charge in [0.15, 0.2) is 0 Å². The molecule has 0 aliphatic carbocycles. The first kappa shape index (κ1) is 13.2. The van der Waals surface area contributed by atoms with E-state index in [0.29, 0.717) is 23.6 Å². The number of carbonyl (C=O) groups is 1. The molecule has 1 aliphatic rings. The highest BCUT2D eigenvalue weighted by Crippen LogP contribution is 2.19. The van der Waals surface area contributed by atoms with Crippen molar-refractivity contribution in [2.75, 3.05) is 6.54 Å². The summed E-state index contributed by atoms with van der Waals surface area (Å²) in [5.74, 6) is -0.805. The van der Waals surface area contributed by atoms with Crippen LogP contribution in [0.3, 0.4) is 0 Å². The minimum absolute atomic E-state index is 0.227. The van der Waals surface area contributed by atoms with E-state index in [1.165, 1.54) is 21.9 Å². The van der Waals surface area contributed by atoms with Crippen molar-refractivity contribution in [1.29, 1.82) is 0 Å². The van der Waals surface area contributed by atoms with E-state index in [2.05, 4.69) is 10.1 Å². The SMILES string of the molecule is O=C(O)C1CCCCN1Cc1cc(=O)n2ncsc2n1. The van der Waals surface area contributed by atoms with Crippen molar-refractivity contribution in [3.8, 4) is 0 Å². The highest BCUT2D eigenvalue weighted by molar-refractivity contribution is 7.14. The van der Waals surface area contributed by atoms with Crippen LogP contribution in [0.15, 0.2) is 16.4 Å². The number of rotatable bonds is 3. The summed E-state index contributed by atoms with van der Waals surface area (Å²) in [7, 11) is 0. The van der Waals surface area contributed by atoms with Gasteiger partial charge < -0.3 is 5.11 Å². The van der Waals surface area contributed by atoms with Crippen LogP contribution in [0.2, 0.25) is 0 Å². The summed E-state index contributed by atoms with van der Waals surface area (Å²) >= 11 is 1.29. The molecule has 1 saturated heterocycles. The number of likely N-dealkylation sites (tertiary alicyclic amines) is 1. The quantitative estimate of drug-likeness (QED) is 0.891. The highest BCUT2D eigenvalue weighted by Gasteiger charge is 2.28. The van der Waals surface area contributed by atoms with Gasteiger partial charge in [-0.25, -0.2) is 4.98 Å². The van der Waals surface area contributed by atoms with E-state index in [-0.39, 0.29) is 5.56 Å². The summed E-state index contributed by atoms with van der Waals surface area (Å²) in [4.78, 5) is 29.9. The summed E-state index contributed by atoms with van der Waals surface area (Å²) in [6, 6.07) is 0.950. The van der Waals surface area contributed by atoms with E-state index in [0.717, 1.165) is 19.4 Å². The molecule has 0 amide bonds. The van der Waals surface area contributed by atoms with E-state index in [1.54, 1.807) is 5.51 Å². The third-order valence-electron chi connectivity index (χ3n) is 3.50. The predicted molar refractivity (Wildman–Crippen MR) is 72.8 cm³/mol. The minimum atomic E-state index is -0.805. The number of hydrogen-bond donors (Lipinski definition) is 1. The first-order valence-electron chi connectivity index (χ1n) is 6.44. The molecule has 1 aliphatic heterocycles. The Morgan fingerprint density at radius 3 is 3.15 bits per heavy atom. The molecule has 0 bridgehead atoms. The van der Waals surface area contributed by atoms with Crippen LogP contribution in [0, 0.1) is 0 Å². The minimum Gasteiger partial charge on any atom is -0.480 e. The highest BCUT2D eigenvalue weighted by atomic mass is 32.1. The Labute approximate surface area is 118 Å². The summed E-state index contributed by atoms with van der Waals surface area (Å²) < 4.78 is 1.25. The number of carboxylic acid groups (broad SMARTS) is 1. The number of hydrogen-bond acceptors (Lipinski definition) is 6. The van der Waals surface area contributed by atoms with Crippen LogP contribution >= 0.6 is 11.3 Å². The molecule has 0 radical (unpaired) electrons. The van der Waals surface area contributed by atoms with E-state index >= 15 is 0 Å². The molecular formula is C12H14N4O3S. The second kappa shape index (κ2) is 5.29. The van der Waals surface area contributed by atoms with Crippen molar-refractivity contribution >= 4 is 22.3 Å². The Hall–Kier alpha value is -1.80. The first-order chi connectivity index (χ1) is 9.65. The zero-order valence-electron chi connectivity index (χ0n) is 10.7. The van der Waals surface area contributed by atoms with Crippen molar-refractivity contribution in [1.82, 2.24) is 19.5 Å². The molecule has 0 aromatic carbocycles. The normalized spacial score (nSPS) is 20.3. The lowest BCUT2D eigenvalue weighted by Gasteiger charge is -2.32. The summed E-state index contributed by atoms with van der Waals surface area (Å²) in [5, 5.41) is 13.1. The zero-order chi connectivity index (χ0) is 14.1. The molecule has 2 aromatic heterocycles. The van der Waals surface area contributed by atoms with Crippen LogP contribution in [-0.4, -0.2) is 43.2 Å². The molecule has 2 aromatic rings. The fourth-order valence-corrected chi connectivity index (χ4v) is 3.19. The molecule has 3 rings (SSSR count). The van der Waals surface area contributed by atoms with Gasteiger partial charge in [0.2, 0.25) is 4.96 Å². The Balaban J connectivity index is 1.87. The molecule has 1 unspecified atom stereocenters. The summed E-state index contributed by atoms with van der Waals surface area (Å²) in [6.45, 7) is 1.11. The number of aromatic nitrogens is 3. The molecule has 0 saturated carbocycles. The van der Waals surface area contributed by atoms with Gasteiger partial charge >= 0.3 is 5.97 Å². The average molecular weight is 294 g/mol. The third-order valence-corrected chi connectivity index (χ3v) is 4.18. The van der Waals surface area contributed by atoms with Crippen molar-refractivity contribution < 1.29 is 9.90 Å². The largest absolute Gasteiger partial charge is 0.480 e. The van der Waals surface area contributed by atoms with Crippen molar-refractivity contribution in [2.24, 2.45) is 0 Å². The second-order valence-corrected chi connectivity index (χ2v) is 5.65. The Morgan fingerprint density at radius 1 is 1.50 bits per heavy atom. The van der Waals surface area contributed by atoms with Crippen LogP contribution in [0.5, 0.6) is 0 Å². The molecule has 1 atom stereocenters. The van der Waals surface area contributed by atoms with Crippen molar-refractivity contribution in [3.05, 3.63) is 27.6 Å². The number of fused-ring (bicyclic) bond motifs is 1. The van der Waals surface area contributed by atoms with Gasteiger partial charge in [0, 0.05) is 12.6 Å². The maximum Gasteiger partial charge on any atom is 0.320 e. The van der Waals surface area contributed by atoms with E-state index in [9.17, 15) is 14.7 Å². The number of piperidine rings is 1. The van der Waals surface area contributed by atoms with E-state index in [4.69, 9.17) is 0 Å². The smallest absolute Gasteiger partial charge is 0.320 e. The first-order valence-corrected chi connectivity index (χ1v) is 7.32. The lowest BCUT2D eigenvalue weighted by Crippen LogP contribution is -2.44. The van der Waals surface area contributed by atoms with E-state index in [1.807, 2.05) is 4.90 Å². The summed E-state index contributed by atoms with van der Waals surface area (Å²) in [6.07, 6.45) is 2.56. The lowest BCUT2D eigenvalue weighted by atomic mass is 10.0. The Kier molecular flexibility index (Phi) is 3.49. The Bertz CT molecular complexity index is 695.